The minimum atomic E-state index is 0.0554. The lowest BCUT2D eigenvalue weighted by Gasteiger charge is -2.38. The van der Waals surface area contributed by atoms with Gasteiger partial charge in [-0.1, -0.05) is 13.3 Å². The van der Waals surface area contributed by atoms with Crippen molar-refractivity contribution in [1.29, 1.82) is 0 Å². The third-order valence-corrected chi connectivity index (χ3v) is 2.18. The van der Waals surface area contributed by atoms with E-state index in [2.05, 4.69) is 32.1 Å². The van der Waals surface area contributed by atoms with Crippen LogP contribution in [0.15, 0.2) is 0 Å². The molecule has 2 nitrogen and oxygen atoms in total. The zero-order chi connectivity index (χ0) is 9.03. The highest BCUT2D eigenvalue weighted by Crippen LogP contribution is 2.16. The van der Waals surface area contributed by atoms with Gasteiger partial charge in [-0.2, -0.15) is 0 Å². The molecule has 2 heteroatoms. The Balaban J connectivity index is 2.26. The molecule has 0 aromatic carbocycles. The average Bonchev–Trinajstić information content (AvgIpc) is 1.99. The average molecular weight is 170 g/mol. The molecule has 1 rings (SSSR count). The third kappa shape index (κ3) is 3.11. The summed E-state index contributed by atoms with van der Waals surface area (Å²) in [6.45, 7) is 10.6. The Morgan fingerprint density at radius 3 is 2.83 bits per heavy atom. The molecule has 0 N–H and O–H groups in total. The van der Waals surface area contributed by atoms with Crippen molar-refractivity contribution in [3.05, 3.63) is 6.42 Å². The molecule has 71 valence electrons. The largest absolute Gasteiger partial charge is 0.373 e. The summed E-state index contributed by atoms with van der Waals surface area (Å²) >= 11 is 0. The number of nitrogens with zero attached hydrogens (tertiary/aromatic N) is 1. The van der Waals surface area contributed by atoms with E-state index in [-0.39, 0.29) is 5.60 Å². The normalized spacial score (nSPS) is 24.2. The van der Waals surface area contributed by atoms with Gasteiger partial charge in [-0.15, -0.1) is 0 Å². The van der Waals surface area contributed by atoms with E-state index >= 15 is 0 Å². The number of hydrogen-bond acceptors (Lipinski definition) is 2. The van der Waals surface area contributed by atoms with Gasteiger partial charge in [0.25, 0.3) is 0 Å². The predicted octanol–water partition coefficient (Wildman–Crippen LogP) is 1.71. The molecular weight excluding hydrogens is 150 g/mol. The summed E-state index contributed by atoms with van der Waals surface area (Å²) < 4.78 is 5.62. The van der Waals surface area contributed by atoms with Crippen LogP contribution >= 0.6 is 0 Å². The Bertz CT molecular complexity index is 134. The highest BCUT2D eigenvalue weighted by Gasteiger charge is 2.26. The lowest BCUT2D eigenvalue weighted by atomic mass is 10.1. The zero-order valence-corrected chi connectivity index (χ0v) is 8.47. The fourth-order valence-corrected chi connectivity index (χ4v) is 1.58. The molecule has 1 aliphatic heterocycles. The molecule has 1 fully saturated rings. The second-order valence-corrected chi connectivity index (χ2v) is 4.04. The van der Waals surface area contributed by atoms with Gasteiger partial charge < -0.3 is 4.74 Å². The first-order valence-electron chi connectivity index (χ1n) is 4.82. The van der Waals surface area contributed by atoms with Gasteiger partial charge in [-0.3, -0.25) is 4.90 Å². The van der Waals surface area contributed by atoms with Gasteiger partial charge in [-0.05, 0) is 20.3 Å². The Morgan fingerprint density at radius 2 is 2.25 bits per heavy atom. The van der Waals surface area contributed by atoms with E-state index in [1.807, 2.05) is 0 Å². The maximum atomic E-state index is 5.62. The van der Waals surface area contributed by atoms with Crippen molar-refractivity contribution in [2.24, 2.45) is 0 Å². The SMILES string of the molecule is CC[CH]CN1CCOC(C)(C)C1. The monoisotopic (exact) mass is 170 g/mol. The fraction of sp³-hybridized carbons (Fsp3) is 0.900. The van der Waals surface area contributed by atoms with Crippen LogP contribution in [0.5, 0.6) is 0 Å². The lowest BCUT2D eigenvalue weighted by molar-refractivity contribution is -0.0838. The minimum Gasteiger partial charge on any atom is -0.373 e. The molecule has 0 atom stereocenters. The molecule has 0 spiro atoms. The standard InChI is InChI=1S/C10H20NO/c1-4-5-6-11-7-8-12-10(2,3)9-11/h5H,4,6-9H2,1-3H3. The second-order valence-electron chi connectivity index (χ2n) is 4.04. The number of hydrogen-bond donors (Lipinski definition) is 0. The summed E-state index contributed by atoms with van der Waals surface area (Å²) in [5.74, 6) is 0. The summed E-state index contributed by atoms with van der Waals surface area (Å²) in [7, 11) is 0. The van der Waals surface area contributed by atoms with Gasteiger partial charge in [0.2, 0.25) is 0 Å². The van der Waals surface area contributed by atoms with Gasteiger partial charge >= 0.3 is 0 Å². The molecule has 0 aromatic rings. The lowest BCUT2D eigenvalue weighted by Crippen LogP contribution is -2.48. The van der Waals surface area contributed by atoms with Gasteiger partial charge in [0.05, 0.1) is 12.2 Å². The Hall–Kier alpha value is -0.0800. The van der Waals surface area contributed by atoms with Crippen LogP contribution in [0.4, 0.5) is 0 Å². The highest BCUT2D eigenvalue weighted by molar-refractivity contribution is 4.81. The maximum Gasteiger partial charge on any atom is 0.0753 e. The summed E-state index contributed by atoms with van der Waals surface area (Å²) in [5, 5.41) is 0. The second kappa shape index (κ2) is 4.24. The maximum absolute atomic E-state index is 5.62. The van der Waals surface area contributed by atoms with Crippen molar-refractivity contribution in [2.75, 3.05) is 26.2 Å². The first-order valence-corrected chi connectivity index (χ1v) is 4.82. The van der Waals surface area contributed by atoms with Crippen molar-refractivity contribution >= 4 is 0 Å². The molecule has 1 radical (unpaired) electrons. The van der Waals surface area contributed by atoms with Crippen molar-refractivity contribution < 1.29 is 4.74 Å². The molecule has 1 saturated heterocycles. The molecule has 12 heavy (non-hydrogen) atoms. The van der Waals surface area contributed by atoms with Gasteiger partial charge in [0, 0.05) is 19.6 Å². The summed E-state index contributed by atoms with van der Waals surface area (Å²) in [6.07, 6.45) is 3.49. The van der Waals surface area contributed by atoms with Crippen LogP contribution in [0.25, 0.3) is 0 Å². The van der Waals surface area contributed by atoms with Crippen LogP contribution in [0.2, 0.25) is 0 Å². The van der Waals surface area contributed by atoms with E-state index in [0.29, 0.717) is 0 Å². The van der Waals surface area contributed by atoms with Crippen LogP contribution in [0, 0.1) is 6.42 Å². The first kappa shape index (κ1) is 10.0. The fourth-order valence-electron chi connectivity index (χ4n) is 1.58. The van der Waals surface area contributed by atoms with Gasteiger partial charge in [0.1, 0.15) is 0 Å². The molecule has 1 heterocycles. The Labute approximate surface area is 75.9 Å². The molecule has 0 bridgehead atoms. The van der Waals surface area contributed by atoms with E-state index in [9.17, 15) is 0 Å². The highest BCUT2D eigenvalue weighted by atomic mass is 16.5. The molecule has 1 aliphatic rings. The molecule has 0 saturated carbocycles. The number of ether oxygens (including phenoxy) is 1. The van der Waals surface area contributed by atoms with E-state index in [1.165, 1.54) is 0 Å². The number of unbranched alkanes of at least 4 members (excludes halogenated alkanes) is 1. The number of morpholine rings is 1. The molecule has 0 aliphatic carbocycles. The van der Waals surface area contributed by atoms with Crippen molar-refractivity contribution in [1.82, 2.24) is 4.90 Å². The molecular formula is C10H20NO. The Kier molecular flexibility index (Phi) is 3.53. The summed E-state index contributed by atoms with van der Waals surface area (Å²) in [5.41, 5.74) is 0.0554. The quantitative estimate of drug-likeness (QED) is 0.639. The van der Waals surface area contributed by atoms with Crippen LogP contribution < -0.4 is 0 Å². The van der Waals surface area contributed by atoms with E-state index in [0.717, 1.165) is 32.7 Å². The zero-order valence-electron chi connectivity index (χ0n) is 8.47. The minimum absolute atomic E-state index is 0.0554. The summed E-state index contributed by atoms with van der Waals surface area (Å²) in [6, 6.07) is 0. The van der Waals surface area contributed by atoms with Gasteiger partial charge in [-0.25, -0.2) is 0 Å². The van der Waals surface area contributed by atoms with Crippen LogP contribution in [-0.2, 0) is 4.74 Å². The van der Waals surface area contributed by atoms with Crippen molar-refractivity contribution in [2.45, 2.75) is 32.8 Å². The number of rotatable bonds is 3. The van der Waals surface area contributed by atoms with Crippen LogP contribution in [-0.4, -0.2) is 36.7 Å². The van der Waals surface area contributed by atoms with Crippen LogP contribution in [0.3, 0.4) is 0 Å². The molecule has 0 aromatic heterocycles. The smallest absolute Gasteiger partial charge is 0.0753 e. The predicted molar refractivity (Wildman–Crippen MR) is 51.1 cm³/mol. The van der Waals surface area contributed by atoms with E-state index in [1.54, 1.807) is 0 Å². The topological polar surface area (TPSA) is 12.5 Å². The van der Waals surface area contributed by atoms with Crippen LogP contribution in [0.1, 0.15) is 27.2 Å². The first-order chi connectivity index (χ1) is 5.64. The third-order valence-electron chi connectivity index (χ3n) is 2.18. The van der Waals surface area contributed by atoms with E-state index in [4.69, 9.17) is 4.74 Å². The van der Waals surface area contributed by atoms with Crippen molar-refractivity contribution in [3.63, 3.8) is 0 Å². The van der Waals surface area contributed by atoms with E-state index < -0.39 is 0 Å². The van der Waals surface area contributed by atoms with Crippen molar-refractivity contribution in [3.8, 4) is 0 Å². The Morgan fingerprint density at radius 1 is 1.50 bits per heavy atom. The summed E-state index contributed by atoms with van der Waals surface area (Å²) in [4.78, 5) is 2.45. The van der Waals surface area contributed by atoms with Gasteiger partial charge in [0.15, 0.2) is 0 Å². The molecule has 0 unspecified atom stereocenters. The molecule has 0 amide bonds.